The summed E-state index contributed by atoms with van der Waals surface area (Å²) in [7, 11) is -2.91. The second-order valence-electron chi connectivity index (χ2n) is 3.60. The first kappa shape index (κ1) is 12.9. The third-order valence-corrected chi connectivity index (χ3v) is 5.18. The van der Waals surface area contributed by atoms with Crippen molar-refractivity contribution < 1.29 is 8.42 Å². The first-order valence-corrected chi connectivity index (χ1v) is 8.89. The number of sulfone groups is 1. The van der Waals surface area contributed by atoms with Gasteiger partial charge in [0.1, 0.15) is 14.9 Å². The smallest absolute Gasteiger partial charge is 0.194 e. The van der Waals surface area contributed by atoms with Crippen molar-refractivity contribution in [2.24, 2.45) is 5.73 Å². The number of imidazole rings is 1. The molecule has 0 aliphatic heterocycles. The molecule has 5 nitrogen and oxygen atoms in total. The molecular formula is C9H13N3O2S3. The minimum atomic E-state index is -2.91. The third kappa shape index (κ3) is 3.01. The molecule has 2 heterocycles. The second-order valence-corrected chi connectivity index (χ2v) is 7.82. The van der Waals surface area contributed by atoms with Crippen molar-refractivity contribution >= 4 is 37.9 Å². The molecular weight excluding hydrogens is 278 g/mol. The van der Waals surface area contributed by atoms with Gasteiger partial charge in [-0.3, -0.25) is 4.40 Å². The average molecular weight is 291 g/mol. The molecule has 0 aliphatic rings. The van der Waals surface area contributed by atoms with Crippen LogP contribution in [0, 0.1) is 0 Å². The largest absolute Gasteiger partial charge is 0.325 e. The van der Waals surface area contributed by atoms with Crippen molar-refractivity contribution in [1.29, 1.82) is 0 Å². The lowest BCUT2D eigenvalue weighted by molar-refractivity contribution is 0.603. The lowest BCUT2D eigenvalue weighted by atomic mass is 10.5. The molecule has 0 radical (unpaired) electrons. The highest BCUT2D eigenvalue weighted by Crippen LogP contribution is 2.25. The number of rotatable bonds is 5. The van der Waals surface area contributed by atoms with Crippen LogP contribution in [0.2, 0.25) is 0 Å². The van der Waals surface area contributed by atoms with Crippen LogP contribution in [0.15, 0.2) is 16.6 Å². The minimum Gasteiger partial charge on any atom is -0.325 e. The Balaban J connectivity index is 2.15. The lowest BCUT2D eigenvalue weighted by Gasteiger charge is -2.00. The van der Waals surface area contributed by atoms with Crippen LogP contribution in [0.1, 0.15) is 5.69 Å². The number of nitrogens with two attached hydrogens (primary N) is 1. The fraction of sp³-hybridized carbons (Fsp3) is 0.444. The van der Waals surface area contributed by atoms with E-state index < -0.39 is 9.84 Å². The Bertz CT molecular complexity index is 614. The second kappa shape index (κ2) is 4.97. The van der Waals surface area contributed by atoms with E-state index in [1.165, 1.54) is 18.0 Å². The number of aromatic nitrogens is 2. The summed E-state index contributed by atoms with van der Waals surface area (Å²) >= 11 is 2.99. The normalized spacial score (nSPS) is 12.4. The van der Waals surface area contributed by atoms with E-state index in [9.17, 15) is 8.42 Å². The lowest BCUT2D eigenvalue weighted by Crippen LogP contribution is -2.06. The van der Waals surface area contributed by atoms with E-state index in [4.69, 9.17) is 5.73 Å². The molecule has 2 N–H and O–H groups in total. The molecule has 0 spiro atoms. The molecule has 0 unspecified atom stereocenters. The van der Waals surface area contributed by atoms with Gasteiger partial charge >= 0.3 is 0 Å². The maximum absolute atomic E-state index is 11.0. The molecule has 0 saturated carbocycles. The fourth-order valence-electron chi connectivity index (χ4n) is 1.40. The summed E-state index contributed by atoms with van der Waals surface area (Å²) in [5, 5.41) is 2.79. The first-order valence-electron chi connectivity index (χ1n) is 4.96. The van der Waals surface area contributed by atoms with Gasteiger partial charge in [-0.15, -0.1) is 23.1 Å². The van der Waals surface area contributed by atoms with Gasteiger partial charge in [0.15, 0.2) is 4.96 Å². The molecule has 0 aromatic carbocycles. The maximum Gasteiger partial charge on any atom is 0.194 e. The van der Waals surface area contributed by atoms with E-state index in [1.54, 1.807) is 11.3 Å². The molecule has 94 valence electrons. The number of fused-ring (bicyclic) bond motifs is 1. The highest BCUT2D eigenvalue weighted by Gasteiger charge is 2.13. The van der Waals surface area contributed by atoms with Crippen molar-refractivity contribution in [1.82, 2.24) is 9.38 Å². The minimum absolute atomic E-state index is 0.160. The van der Waals surface area contributed by atoms with Crippen LogP contribution >= 0.6 is 23.1 Å². The van der Waals surface area contributed by atoms with Crippen molar-refractivity contribution in [3.8, 4) is 0 Å². The summed E-state index contributed by atoms with van der Waals surface area (Å²) in [6, 6.07) is 0. The molecule has 0 fully saturated rings. The molecule has 2 aromatic rings. The molecule has 0 atom stereocenters. The summed E-state index contributed by atoms with van der Waals surface area (Å²) < 4.78 is 24.0. The summed E-state index contributed by atoms with van der Waals surface area (Å²) in [5.74, 6) is 0.670. The monoisotopic (exact) mass is 291 g/mol. The van der Waals surface area contributed by atoms with E-state index in [1.807, 2.05) is 16.0 Å². The first-order chi connectivity index (χ1) is 8.01. The number of nitrogens with zero attached hydrogens (tertiary/aromatic N) is 2. The van der Waals surface area contributed by atoms with E-state index in [0.717, 1.165) is 15.7 Å². The summed E-state index contributed by atoms with van der Waals surface area (Å²) in [4.78, 5) is 5.33. The van der Waals surface area contributed by atoms with Crippen molar-refractivity contribution in [2.75, 3.05) is 17.8 Å². The maximum atomic E-state index is 11.0. The van der Waals surface area contributed by atoms with Gasteiger partial charge in [0, 0.05) is 30.1 Å². The van der Waals surface area contributed by atoms with Gasteiger partial charge in [0.05, 0.1) is 11.4 Å². The SMILES string of the molecule is CS(=O)(=O)CCSc1nc2sccn2c1CN. The number of hydrogen-bond donors (Lipinski definition) is 1. The molecule has 2 rings (SSSR count). The predicted molar refractivity (Wildman–Crippen MR) is 71.4 cm³/mol. The van der Waals surface area contributed by atoms with Gasteiger partial charge < -0.3 is 5.73 Å². The number of hydrogen-bond acceptors (Lipinski definition) is 6. The zero-order valence-electron chi connectivity index (χ0n) is 9.29. The van der Waals surface area contributed by atoms with Crippen LogP contribution in [0.4, 0.5) is 0 Å². The van der Waals surface area contributed by atoms with Crippen molar-refractivity contribution in [3.63, 3.8) is 0 Å². The molecule has 0 saturated heterocycles. The van der Waals surface area contributed by atoms with Gasteiger partial charge in [0.2, 0.25) is 0 Å². The molecule has 8 heteroatoms. The molecule has 0 amide bonds. The van der Waals surface area contributed by atoms with Gasteiger partial charge in [-0.05, 0) is 0 Å². The Morgan fingerprint density at radius 3 is 3.00 bits per heavy atom. The topological polar surface area (TPSA) is 77.5 Å². The standard InChI is InChI=1S/C9H13N3O2S3/c1-17(13,14)5-4-15-8-7(6-10)12-2-3-16-9(12)11-8/h2-3H,4-6,10H2,1H3. The van der Waals surface area contributed by atoms with E-state index in [-0.39, 0.29) is 5.75 Å². The predicted octanol–water partition coefficient (Wildman–Crippen LogP) is 0.991. The molecule has 0 bridgehead atoms. The molecule has 17 heavy (non-hydrogen) atoms. The highest BCUT2D eigenvalue weighted by atomic mass is 32.2. The average Bonchev–Trinajstić information content (AvgIpc) is 2.75. The Morgan fingerprint density at radius 2 is 2.35 bits per heavy atom. The highest BCUT2D eigenvalue weighted by molar-refractivity contribution is 8.00. The quantitative estimate of drug-likeness (QED) is 0.831. The van der Waals surface area contributed by atoms with Crippen LogP contribution in [0.5, 0.6) is 0 Å². The zero-order chi connectivity index (χ0) is 12.5. The summed E-state index contributed by atoms with van der Waals surface area (Å²) in [6.45, 7) is 0.402. The van der Waals surface area contributed by atoms with Gasteiger partial charge in [-0.25, -0.2) is 13.4 Å². The van der Waals surface area contributed by atoms with E-state index >= 15 is 0 Å². The summed E-state index contributed by atoms with van der Waals surface area (Å²) in [6.07, 6.45) is 3.17. The van der Waals surface area contributed by atoms with Crippen LogP contribution in [0.25, 0.3) is 4.96 Å². The van der Waals surface area contributed by atoms with Crippen LogP contribution in [-0.2, 0) is 16.4 Å². The van der Waals surface area contributed by atoms with Crippen molar-refractivity contribution in [3.05, 3.63) is 17.3 Å². The fourth-order valence-corrected chi connectivity index (χ4v) is 4.43. The van der Waals surface area contributed by atoms with Crippen LogP contribution in [0.3, 0.4) is 0 Å². The third-order valence-electron chi connectivity index (χ3n) is 2.21. The van der Waals surface area contributed by atoms with E-state index in [0.29, 0.717) is 12.3 Å². The van der Waals surface area contributed by atoms with Crippen LogP contribution in [-0.4, -0.2) is 35.6 Å². The van der Waals surface area contributed by atoms with E-state index in [2.05, 4.69) is 4.98 Å². The number of thiazole rings is 1. The Morgan fingerprint density at radius 1 is 1.59 bits per heavy atom. The van der Waals surface area contributed by atoms with Crippen LogP contribution < -0.4 is 5.73 Å². The van der Waals surface area contributed by atoms with Crippen molar-refractivity contribution in [2.45, 2.75) is 11.6 Å². The molecule has 2 aromatic heterocycles. The summed E-state index contributed by atoms with van der Waals surface area (Å²) in [5.41, 5.74) is 6.63. The Kier molecular flexibility index (Phi) is 3.76. The van der Waals surface area contributed by atoms with Gasteiger partial charge in [0.25, 0.3) is 0 Å². The Hall–Kier alpha value is -0.570. The number of thioether (sulfide) groups is 1. The molecule has 0 aliphatic carbocycles. The van der Waals surface area contributed by atoms with Gasteiger partial charge in [-0.2, -0.15) is 0 Å². The zero-order valence-corrected chi connectivity index (χ0v) is 11.7. The Labute approximate surface area is 108 Å². The van der Waals surface area contributed by atoms with Gasteiger partial charge in [-0.1, -0.05) is 0 Å².